The van der Waals surface area contributed by atoms with Gasteiger partial charge in [0.2, 0.25) is 10.0 Å². The van der Waals surface area contributed by atoms with Gasteiger partial charge in [-0.25, -0.2) is 13.4 Å². The van der Waals surface area contributed by atoms with E-state index in [0.717, 1.165) is 0 Å². The van der Waals surface area contributed by atoms with Crippen molar-refractivity contribution in [2.24, 2.45) is 0 Å². The summed E-state index contributed by atoms with van der Waals surface area (Å²) in [4.78, 5) is 7.93. The van der Waals surface area contributed by atoms with Crippen LogP contribution in [0, 0.1) is 0 Å². The molecule has 12 heteroatoms. The lowest BCUT2D eigenvalue weighted by Gasteiger charge is -2.10. The largest absolute Gasteiger partial charge is 0.390 e. The average molecular weight is 413 g/mol. The highest BCUT2D eigenvalue weighted by Gasteiger charge is 2.29. The Labute approximate surface area is 159 Å². The van der Waals surface area contributed by atoms with E-state index in [0.29, 0.717) is 17.1 Å². The molecule has 2 aromatic heterocycles. The predicted octanol–water partition coefficient (Wildman–Crippen LogP) is 3.30. The third kappa shape index (κ3) is 5.67. The van der Waals surface area contributed by atoms with Crippen LogP contribution in [0.3, 0.4) is 0 Å². The molecule has 0 aliphatic rings. The number of H-pyrrole nitrogens is 1. The van der Waals surface area contributed by atoms with Gasteiger partial charge < -0.3 is 5.32 Å². The molecule has 2 heterocycles. The van der Waals surface area contributed by atoms with Crippen molar-refractivity contribution in [3.05, 3.63) is 48.9 Å². The van der Waals surface area contributed by atoms with Crippen molar-refractivity contribution in [1.82, 2.24) is 20.2 Å². The van der Waals surface area contributed by atoms with Crippen molar-refractivity contribution in [3.8, 4) is 11.3 Å². The number of hydrogen-bond acceptors (Lipinski definition) is 6. The maximum absolute atomic E-state index is 12.2. The van der Waals surface area contributed by atoms with E-state index in [2.05, 4.69) is 30.2 Å². The molecule has 8 nitrogen and oxygen atoms in total. The van der Waals surface area contributed by atoms with Gasteiger partial charge in [0, 0.05) is 29.7 Å². The molecule has 28 heavy (non-hydrogen) atoms. The summed E-state index contributed by atoms with van der Waals surface area (Å²) < 4.78 is 70.4. The van der Waals surface area contributed by atoms with Crippen molar-refractivity contribution in [3.63, 3.8) is 0 Å². The number of anilines is 3. The van der Waals surface area contributed by atoms with Crippen molar-refractivity contribution < 1.29 is 23.0 Å². The molecule has 0 fully saturated rings. The summed E-state index contributed by atoms with van der Waals surface area (Å²) in [5.74, 6) is -0.358. The van der Waals surface area contributed by atoms with Crippen LogP contribution in [0.1, 0.15) is 7.79 Å². The molecule has 0 unspecified atom stereocenters. The molecule has 0 bridgehead atoms. The second-order valence-corrected chi connectivity index (χ2v) is 7.49. The van der Waals surface area contributed by atoms with E-state index in [1.165, 1.54) is 42.9 Å². The van der Waals surface area contributed by atoms with Crippen LogP contribution in [0.4, 0.5) is 30.5 Å². The Morgan fingerprint density at radius 2 is 1.93 bits per heavy atom. The van der Waals surface area contributed by atoms with Gasteiger partial charge in [-0.2, -0.15) is 18.3 Å². The van der Waals surface area contributed by atoms with E-state index in [-0.39, 0.29) is 17.5 Å². The van der Waals surface area contributed by atoms with Crippen molar-refractivity contribution >= 4 is 27.3 Å². The van der Waals surface area contributed by atoms with Gasteiger partial charge in [0.1, 0.15) is 11.6 Å². The standard InChI is InChI=1S/C16H15F3N6O2S/c17-16(18,19)5-8-28(26,27)25-12-3-1-11(2-4-12)13-9-14(24-23-13)22-15-10-20-6-7-21-15/h1-4,6-7,9-10,25H,5,8H2,(H2,21,22,23,24)/i9D. The predicted molar refractivity (Wildman–Crippen MR) is 97.4 cm³/mol. The van der Waals surface area contributed by atoms with Gasteiger partial charge >= 0.3 is 6.18 Å². The lowest BCUT2D eigenvalue weighted by atomic mass is 10.1. The number of aromatic nitrogens is 4. The lowest BCUT2D eigenvalue weighted by molar-refractivity contribution is -0.129. The Kier molecular flexibility index (Phi) is 5.10. The first-order chi connectivity index (χ1) is 13.6. The van der Waals surface area contributed by atoms with Crippen LogP contribution in [0.5, 0.6) is 0 Å². The first kappa shape index (κ1) is 18.2. The molecule has 3 N–H and O–H groups in total. The second-order valence-electron chi connectivity index (χ2n) is 5.65. The molecule has 0 saturated carbocycles. The molecule has 0 radical (unpaired) electrons. The lowest BCUT2D eigenvalue weighted by Crippen LogP contribution is -2.21. The van der Waals surface area contributed by atoms with Gasteiger partial charge in [-0.05, 0) is 12.1 Å². The van der Waals surface area contributed by atoms with E-state index in [9.17, 15) is 21.6 Å². The zero-order valence-corrected chi connectivity index (χ0v) is 15.0. The van der Waals surface area contributed by atoms with Gasteiger partial charge in [0.15, 0.2) is 0 Å². The number of sulfonamides is 1. The number of nitrogens with one attached hydrogen (secondary N) is 3. The van der Waals surface area contributed by atoms with Crippen LogP contribution in [-0.4, -0.2) is 40.5 Å². The van der Waals surface area contributed by atoms with E-state index < -0.39 is 28.4 Å². The summed E-state index contributed by atoms with van der Waals surface area (Å²) >= 11 is 0. The normalized spacial score (nSPS) is 12.5. The minimum atomic E-state index is -4.56. The summed E-state index contributed by atoms with van der Waals surface area (Å²) in [5, 5.41) is 9.59. The van der Waals surface area contributed by atoms with Gasteiger partial charge in [0.25, 0.3) is 0 Å². The quantitative estimate of drug-likeness (QED) is 0.548. The molecular weight excluding hydrogens is 397 g/mol. The zero-order valence-electron chi connectivity index (χ0n) is 15.2. The van der Waals surface area contributed by atoms with E-state index in [1.54, 1.807) is 0 Å². The maximum atomic E-state index is 12.2. The number of rotatable bonds is 7. The van der Waals surface area contributed by atoms with Crippen LogP contribution < -0.4 is 10.0 Å². The molecule has 0 saturated heterocycles. The van der Waals surface area contributed by atoms with Crippen LogP contribution in [-0.2, 0) is 10.0 Å². The molecule has 0 spiro atoms. The van der Waals surface area contributed by atoms with Gasteiger partial charge in [-0.15, -0.1) is 0 Å². The molecule has 3 aromatic rings. The Bertz CT molecular complexity index is 1070. The first-order valence-electron chi connectivity index (χ1n) is 8.39. The first-order valence-corrected chi connectivity index (χ1v) is 9.54. The van der Waals surface area contributed by atoms with Crippen molar-refractivity contribution in [1.29, 1.82) is 0 Å². The van der Waals surface area contributed by atoms with E-state index in [1.807, 2.05) is 0 Å². The van der Waals surface area contributed by atoms with Crippen LogP contribution >= 0.6 is 0 Å². The molecule has 1 aromatic carbocycles. The summed E-state index contributed by atoms with van der Waals surface area (Å²) in [5.41, 5.74) is 0.912. The SMILES string of the molecule is [2H]c1c(-c2ccc(NS(=O)(=O)CCC(F)(F)F)cc2)n[nH]c1Nc1cnccn1. The Hall–Kier alpha value is -3.15. The number of halogens is 3. The average Bonchev–Trinajstić information content (AvgIpc) is 3.01. The highest BCUT2D eigenvalue weighted by atomic mass is 32.2. The summed E-state index contributed by atoms with van der Waals surface area (Å²) in [6.07, 6.45) is -1.53. The molecular formula is C16H15F3N6O2S. The third-order valence-electron chi connectivity index (χ3n) is 3.43. The summed E-state index contributed by atoms with van der Waals surface area (Å²) in [6.45, 7) is 0. The minimum Gasteiger partial charge on any atom is -0.324 e. The third-order valence-corrected chi connectivity index (χ3v) is 4.71. The number of benzene rings is 1. The Balaban J connectivity index is 1.71. The Morgan fingerprint density at radius 1 is 1.18 bits per heavy atom. The second kappa shape index (κ2) is 7.84. The van der Waals surface area contributed by atoms with Crippen LogP contribution in [0.2, 0.25) is 0 Å². The Morgan fingerprint density at radius 3 is 2.57 bits per heavy atom. The summed E-state index contributed by atoms with van der Waals surface area (Å²) in [7, 11) is -4.14. The van der Waals surface area contributed by atoms with Crippen LogP contribution in [0.25, 0.3) is 11.3 Å². The van der Waals surface area contributed by atoms with E-state index in [4.69, 9.17) is 1.37 Å². The molecule has 0 aliphatic heterocycles. The van der Waals surface area contributed by atoms with Gasteiger partial charge in [-0.3, -0.25) is 14.8 Å². The monoisotopic (exact) mass is 413 g/mol. The minimum absolute atomic E-state index is 0.0501. The fraction of sp³-hybridized carbons (Fsp3) is 0.188. The van der Waals surface area contributed by atoms with Crippen LogP contribution in [0.15, 0.2) is 48.9 Å². The highest BCUT2D eigenvalue weighted by Crippen LogP contribution is 2.24. The van der Waals surface area contributed by atoms with Crippen molar-refractivity contribution in [2.45, 2.75) is 12.6 Å². The zero-order chi connectivity index (χ0) is 21.1. The number of aromatic amines is 1. The summed E-state index contributed by atoms with van der Waals surface area (Å²) in [6, 6.07) is 5.81. The molecule has 0 amide bonds. The fourth-order valence-corrected chi connectivity index (χ4v) is 3.25. The molecule has 3 rings (SSSR count). The smallest absolute Gasteiger partial charge is 0.324 e. The molecule has 148 valence electrons. The molecule has 0 atom stereocenters. The number of hydrogen-bond donors (Lipinski definition) is 3. The van der Waals surface area contributed by atoms with Crippen molar-refractivity contribution in [2.75, 3.05) is 15.8 Å². The van der Waals surface area contributed by atoms with Gasteiger partial charge in [-0.1, -0.05) is 12.1 Å². The fourth-order valence-electron chi connectivity index (χ4n) is 2.15. The number of alkyl halides is 3. The molecule has 0 aliphatic carbocycles. The highest BCUT2D eigenvalue weighted by molar-refractivity contribution is 7.92. The topological polar surface area (TPSA) is 113 Å². The number of nitrogens with zero attached hydrogens (tertiary/aromatic N) is 3. The van der Waals surface area contributed by atoms with E-state index >= 15 is 0 Å². The van der Waals surface area contributed by atoms with Gasteiger partial charge in [0.05, 0.1) is 25.4 Å². The maximum Gasteiger partial charge on any atom is 0.390 e.